The van der Waals surface area contributed by atoms with Gasteiger partial charge in [0.25, 0.3) is 5.91 Å². The van der Waals surface area contributed by atoms with Crippen LogP contribution in [0.1, 0.15) is 37.9 Å². The minimum Gasteiger partial charge on any atom is -0.483 e. The van der Waals surface area contributed by atoms with Crippen LogP contribution in [-0.4, -0.2) is 35.2 Å². The number of esters is 1. The lowest BCUT2D eigenvalue weighted by atomic mass is 9.94. The van der Waals surface area contributed by atoms with Crippen molar-refractivity contribution >= 4 is 34.5 Å². The summed E-state index contributed by atoms with van der Waals surface area (Å²) in [6.45, 7) is 5.77. The fourth-order valence-corrected chi connectivity index (χ4v) is 4.67. The zero-order valence-corrected chi connectivity index (χ0v) is 20.2. The molecule has 0 aromatic heterocycles. The van der Waals surface area contributed by atoms with Crippen molar-refractivity contribution in [2.24, 2.45) is 4.99 Å². The molecule has 0 aliphatic carbocycles. The number of amidine groups is 1. The number of aryl methyl sites for hydroxylation is 1. The second-order valence-corrected chi connectivity index (χ2v) is 8.62. The first kappa shape index (κ1) is 23.6. The molecule has 1 amide bonds. The monoisotopic (exact) mass is 477 g/mol. The highest BCUT2D eigenvalue weighted by molar-refractivity contribution is 8.16. The Bertz CT molecular complexity index is 1170. The van der Waals surface area contributed by atoms with Crippen LogP contribution < -0.4 is 10.1 Å². The molecule has 0 bridgehead atoms. The lowest BCUT2D eigenvalue weighted by Gasteiger charge is -2.34. The molecule has 4 rings (SSSR count). The van der Waals surface area contributed by atoms with Crippen LogP contribution in [-0.2, 0) is 20.7 Å². The number of amides is 1. The Morgan fingerprint density at radius 3 is 2.62 bits per heavy atom. The third-order valence-electron chi connectivity index (χ3n) is 5.53. The highest BCUT2D eigenvalue weighted by Crippen LogP contribution is 2.43. The van der Waals surface area contributed by atoms with E-state index in [4.69, 9.17) is 9.47 Å². The number of rotatable bonds is 8. The van der Waals surface area contributed by atoms with Crippen LogP contribution in [0.3, 0.4) is 0 Å². The second kappa shape index (κ2) is 10.6. The molecule has 2 aliphatic heterocycles. The number of fused-ring (bicyclic) bond motifs is 1. The summed E-state index contributed by atoms with van der Waals surface area (Å²) in [7, 11) is 0. The summed E-state index contributed by atoms with van der Waals surface area (Å²) in [5.74, 6) is -0.162. The SMILES string of the molecule is CCOC(=O)C1=C(C)N=C2SC=CN2[C@H]1c1ccccc1OCC(=O)Nc1ccc(CC)cc1. The van der Waals surface area contributed by atoms with E-state index in [1.54, 1.807) is 13.0 Å². The van der Waals surface area contributed by atoms with E-state index in [0.29, 0.717) is 17.0 Å². The van der Waals surface area contributed by atoms with Gasteiger partial charge in [0.15, 0.2) is 11.8 Å². The molecular weight excluding hydrogens is 450 g/mol. The van der Waals surface area contributed by atoms with Gasteiger partial charge in [-0.2, -0.15) is 0 Å². The lowest BCUT2D eigenvalue weighted by Crippen LogP contribution is -2.34. The minimum absolute atomic E-state index is 0.164. The molecule has 1 atom stereocenters. The van der Waals surface area contributed by atoms with Gasteiger partial charge in [0, 0.05) is 17.5 Å². The normalized spacial score (nSPS) is 16.7. The zero-order valence-electron chi connectivity index (χ0n) is 19.4. The largest absolute Gasteiger partial charge is 0.483 e. The maximum absolute atomic E-state index is 12.9. The van der Waals surface area contributed by atoms with E-state index < -0.39 is 12.0 Å². The van der Waals surface area contributed by atoms with Crippen molar-refractivity contribution in [2.45, 2.75) is 33.2 Å². The average Bonchev–Trinajstić information content (AvgIpc) is 3.31. The van der Waals surface area contributed by atoms with E-state index >= 15 is 0 Å². The fraction of sp³-hybridized carbons (Fsp3) is 0.269. The number of allylic oxidation sites excluding steroid dienone is 1. The summed E-state index contributed by atoms with van der Waals surface area (Å²) in [5.41, 5.74) is 3.73. The fourth-order valence-electron chi connectivity index (χ4n) is 3.88. The first-order chi connectivity index (χ1) is 16.5. The van der Waals surface area contributed by atoms with Gasteiger partial charge in [0.2, 0.25) is 0 Å². The molecule has 2 aromatic rings. The molecule has 7 nitrogen and oxygen atoms in total. The third-order valence-corrected chi connectivity index (χ3v) is 6.30. The van der Waals surface area contributed by atoms with E-state index in [1.165, 1.54) is 17.3 Å². The molecule has 0 radical (unpaired) electrons. The molecule has 176 valence electrons. The highest BCUT2D eigenvalue weighted by Gasteiger charge is 2.38. The van der Waals surface area contributed by atoms with Gasteiger partial charge >= 0.3 is 5.97 Å². The summed E-state index contributed by atoms with van der Waals surface area (Å²) in [4.78, 5) is 32.0. The van der Waals surface area contributed by atoms with Crippen LogP contribution in [0.15, 0.2) is 76.4 Å². The molecule has 2 aliphatic rings. The van der Waals surface area contributed by atoms with Crippen molar-refractivity contribution in [3.05, 3.63) is 82.5 Å². The number of hydrogen-bond acceptors (Lipinski definition) is 7. The van der Waals surface area contributed by atoms with Crippen LogP contribution in [0, 0.1) is 0 Å². The van der Waals surface area contributed by atoms with E-state index in [9.17, 15) is 9.59 Å². The molecule has 8 heteroatoms. The zero-order chi connectivity index (χ0) is 24.1. The van der Waals surface area contributed by atoms with Gasteiger partial charge in [-0.05, 0) is 49.4 Å². The van der Waals surface area contributed by atoms with Gasteiger partial charge in [-0.25, -0.2) is 9.79 Å². The summed E-state index contributed by atoms with van der Waals surface area (Å²) in [6.07, 6.45) is 2.83. The third kappa shape index (κ3) is 5.02. The van der Waals surface area contributed by atoms with Gasteiger partial charge in [-0.1, -0.05) is 49.0 Å². The predicted molar refractivity (Wildman–Crippen MR) is 134 cm³/mol. The number of carbonyl (C=O) groups excluding carboxylic acids is 2. The smallest absolute Gasteiger partial charge is 0.338 e. The Kier molecular flexibility index (Phi) is 7.37. The molecular formula is C26H27N3O4S. The Hall–Kier alpha value is -3.52. The van der Waals surface area contributed by atoms with E-state index in [2.05, 4.69) is 17.2 Å². The van der Waals surface area contributed by atoms with E-state index in [1.807, 2.05) is 65.9 Å². The number of benzene rings is 2. The van der Waals surface area contributed by atoms with Crippen molar-refractivity contribution in [1.82, 2.24) is 4.90 Å². The Labute approximate surface area is 203 Å². The number of aliphatic imine (C=N–C) groups is 1. The summed E-state index contributed by atoms with van der Waals surface area (Å²) >= 11 is 1.49. The first-order valence-corrected chi connectivity index (χ1v) is 12.1. The van der Waals surface area contributed by atoms with Gasteiger partial charge in [-0.15, -0.1) is 0 Å². The van der Waals surface area contributed by atoms with Crippen LogP contribution in [0.25, 0.3) is 0 Å². The Morgan fingerprint density at radius 2 is 1.88 bits per heavy atom. The summed E-state index contributed by atoms with van der Waals surface area (Å²) < 4.78 is 11.3. The highest BCUT2D eigenvalue weighted by atomic mass is 32.2. The molecule has 1 N–H and O–H groups in total. The molecule has 34 heavy (non-hydrogen) atoms. The summed E-state index contributed by atoms with van der Waals surface area (Å²) in [6, 6.07) is 14.7. The topological polar surface area (TPSA) is 80.2 Å². The maximum atomic E-state index is 12.9. The van der Waals surface area contributed by atoms with Gasteiger partial charge < -0.3 is 19.7 Å². The van der Waals surface area contributed by atoms with Crippen molar-refractivity contribution in [3.63, 3.8) is 0 Å². The number of hydrogen-bond donors (Lipinski definition) is 1. The molecule has 0 saturated carbocycles. The molecule has 0 fully saturated rings. The van der Waals surface area contributed by atoms with Crippen LogP contribution >= 0.6 is 11.8 Å². The van der Waals surface area contributed by atoms with Crippen molar-refractivity contribution in [1.29, 1.82) is 0 Å². The summed E-state index contributed by atoms with van der Waals surface area (Å²) in [5, 5.41) is 5.56. The van der Waals surface area contributed by atoms with Crippen LogP contribution in [0.4, 0.5) is 5.69 Å². The van der Waals surface area contributed by atoms with Crippen molar-refractivity contribution in [2.75, 3.05) is 18.5 Å². The second-order valence-electron chi connectivity index (χ2n) is 7.75. The van der Waals surface area contributed by atoms with E-state index in [-0.39, 0.29) is 19.1 Å². The van der Waals surface area contributed by atoms with Crippen LogP contribution in [0.2, 0.25) is 0 Å². The number of nitrogens with one attached hydrogen (secondary N) is 1. The first-order valence-electron chi connectivity index (χ1n) is 11.2. The van der Waals surface area contributed by atoms with Crippen molar-refractivity contribution in [3.8, 4) is 5.75 Å². The molecule has 2 aromatic carbocycles. The molecule has 0 spiro atoms. The van der Waals surface area contributed by atoms with Crippen LogP contribution in [0.5, 0.6) is 5.75 Å². The quantitative estimate of drug-likeness (QED) is 0.537. The minimum atomic E-state index is -0.473. The predicted octanol–water partition coefficient (Wildman–Crippen LogP) is 5.03. The number of nitrogens with zero attached hydrogens (tertiary/aromatic N) is 2. The number of thioether (sulfide) groups is 1. The number of ether oxygens (including phenoxy) is 2. The standard InChI is InChI=1S/C26H27N3O4S/c1-4-18-10-12-19(13-11-18)28-22(30)16-33-21-9-7-6-8-20(21)24-23(25(31)32-5-2)17(3)27-26-29(24)14-15-34-26/h6-15,24H,4-5,16H2,1-3H3,(H,28,30)/t24-/m0/s1. The molecule has 2 heterocycles. The van der Waals surface area contributed by atoms with E-state index in [0.717, 1.165) is 22.8 Å². The molecule has 0 unspecified atom stereocenters. The maximum Gasteiger partial charge on any atom is 0.338 e. The van der Waals surface area contributed by atoms with Gasteiger partial charge in [0.05, 0.1) is 23.9 Å². The number of carbonyl (C=O) groups is 2. The van der Waals surface area contributed by atoms with Gasteiger partial charge in [-0.3, -0.25) is 4.79 Å². The Balaban J connectivity index is 1.56. The lowest BCUT2D eigenvalue weighted by molar-refractivity contribution is -0.139. The average molecular weight is 478 g/mol. The van der Waals surface area contributed by atoms with Gasteiger partial charge in [0.1, 0.15) is 5.75 Å². The molecule has 0 saturated heterocycles. The van der Waals surface area contributed by atoms with Crippen molar-refractivity contribution < 1.29 is 19.1 Å². The number of anilines is 1. The number of para-hydroxylation sites is 1. The Morgan fingerprint density at radius 1 is 1.12 bits per heavy atom.